The molecule has 0 aliphatic rings. The lowest BCUT2D eigenvalue weighted by molar-refractivity contribution is 0.233. The van der Waals surface area contributed by atoms with Gasteiger partial charge in [-0.15, -0.1) is 22.7 Å². The van der Waals surface area contributed by atoms with Gasteiger partial charge in [0.1, 0.15) is 11.9 Å². The number of rotatable bonds is 3. The Morgan fingerprint density at radius 3 is 3.11 bits per heavy atom. The summed E-state index contributed by atoms with van der Waals surface area (Å²) in [6, 6.07) is 4.17. The van der Waals surface area contributed by atoms with Crippen LogP contribution in [0.5, 0.6) is 5.75 Å². The van der Waals surface area contributed by atoms with Crippen LogP contribution in [0.15, 0.2) is 17.5 Å². The Balaban J connectivity index is 2.24. The molecule has 2 N–H and O–H groups in total. The predicted molar refractivity (Wildman–Crippen MR) is 78.9 cm³/mol. The number of thiophene rings is 1. The summed E-state index contributed by atoms with van der Waals surface area (Å²) >= 11 is 3.42. The molecule has 3 nitrogen and oxygen atoms in total. The number of nitrogens with zero attached hydrogens (tertiary/aromatic N) is 1. The Kier molecular flexibility index (Phi) is 2.97. The third-order valence-corrected chi connectivity index (χ3v) is 4.67. The van der Waals surface area contributed by atoms with Crippen molar-refractivity contribution < 1.29 is 4.74 Å². The van der Waals surface area contributed by atoms with E-state index in [9.17, 15) is 0 Å². The van der Waals surface area contributed by atoms with Crippen LogP contribution in [0.4, 0.5) is 0 Å². The Labute approximate surface area is 113 Å². The standard InChI is InChI=1S/C13H14N2OS2/c1-7(6-14)16-10-5-11-12(15-8(2)18-11)13-9(10)3-4-17-13/h3-5,7H,6,14H2,1-2H3. The Morgan fingerprint density at radius 1 is 1.50 bits per heavy atom. The van der Waals surface area contributed by atoms with Gasteiger partial charge in [-0.05, 0) is 25.3 Å². The highest BCUT2D eigenvalue weighted by Gasteiger charge is 2.13. The molecule has 1 atom stereocenters. The van der Waals surface area contributed by atoms with Crippen LogP contribution in [-0.4, -0.2) is 17.6 Å². The van der Waals surface area contributed by atoms with Crippen LogP contribution in [0.25, 0.3) is 20.3 Å². The van der Waals surface area contributed by atoms with Crippen LogP contribution in [0, 0.1) is 6.92 Å². The lowest BCUT2D eigenvalue weighted by atomic mass is 10.2. The second-order valence-electron chi connectivity index (χ2n) is 4.28. The highest BCUT2D eigenvalue weighted by atomic mass is 32.1. The molecule has 0 saturated carbocycles. The number of aryl methyl sites for hydroxylation is 1. The molecule has 5 heteroatoms. The van der Waals surface area contributed by atoms with Gasteiger partial charge in [0.2, 0.25) is 0 Å². The van der Waals surface area contributed by atoms with Gasteiger partial charge < -0.3 is 10.5 Å². The molecular weight excluding hydrogens is 264 g/mol. The van der Waals surface area contributed by atoms with Gasteiger partial charge in [0.05, 0.1) is 19.9 Å². The minimum Gasteiger partial charge on any atom is -0.489 e. The Hall–Kier alpha value is -1.17. The molecule has 0 saturated heterocycles. The molecule has 0 aliphatic heterocycles. The number of thiazole rings is 1. The molecule has 0 aliphatic carbocycles. The summed E-state index contributed by atoms with van der Waals surface area (Å²) < 4.78 is 8.30. The van der Waals surface area contributed by atoms with E-state index in [0.29, 0.717) is 6.54 Å². The molecular formula is C13H14N2OS2. The highest BCUT2D eigenvalue weighted by Crippen LogP contribution is 2.39. The quantitative estimate of drug-likeness (QED) is 0.797. The molecule has 2 aromatic heterocycles. The summed E-state index contributed by atoms with van der Waals surface area (Å²) in [5, 5.41) is 4.31. The van der Waals surface area contributed by atoms with Gasteiger partial charge in [-0.2, -0.15) is 0 Å². The van der Waals surface area contributed by atoms with Crippen molar-refractivity contribution in [3.8, 4) is 5.75 Å². The molecule has 18 heavy (non-hydrogen) atoms. The molecule has 3 rings (SSSR count). The molecule has 0 radical (unpaired) electrons. The second kappa shape index (κ2) is 4.50. The monoisotopic (exact) mass is 278 g/mol. The summed E-state index contributed by atoms with van der Waals surface area (Å²) in [6.07, 6.45) is 0.0274. The maximum Gasteiger partial charge on any atom is 0.130 e. The number of aromatic nitrogens is 1. The van der Waals surface area contributed by atoms with Crippen molar-refractivity contribution in [3.63, 3.8) is 0 Å². The summed E-state index contributed by atoms with van der Waals surface area (Å²) in [7, 11) is 0. The first-order valence-corrected chi connectivity index (χ1v) is 7.52. The lowest BCUT2D eigenvalue weighted by Gasteiger charge is -2.13. The van der Waals surface area contributed by atoms with E-state index in [-0.39, 0.29) is 6.10 Å². The molecule has 2 heterocycles. The summed E-state index contributed by atoms with van der Waals surface area (Å²) in [6.45, 7) is 4.54. The van der Waals surface area contributed by atoms with E-state index >= 15 is 0 Å². The van der Waals surface area contributed by atoms with Gasteiger partial charge in [-0.1, -0.05) is 0 Å². The normalized spacial score (nSPS) is 13.3. The van der Waals surface area contributed by atoms with Crippen LogP contribution in [-0.2, 0) is 0 Å². The van der Waals surface area contributed by atoms with Crippen molar-refractivity contribution in [2.24, 2.45) is 5.73 Å². The number of ether oxygens (including phenoxy) is 1. The molecule has 3 aromatic rings. The van der Waals surface area contributed by atoms with Gasteiger partial charge in [-0.3, -0.25) is 0 Å². The van der Waals surface area contributed by atoms with Crippen molar-refractivity contribution in [1.82, 2.24) is 4.98 Å². The third kappa shape index (κ3) is 1.88. The molecule has 0 bridgehead atoms. The third-order valence-electron chi connectivity index (χ3n) is 2.83. The minimum absolute atomic E-state index is 0.0274. The largest absolute Gasteiger partial charge is 0.489 e. The van der Waals surface area contributed by atoms with Gasteiger partial charge in [0, 0.05) is 18.0 Å². The smallest absolute Gasteiger partial charge is 0.130 e. The topological polar surface area (TPSA) is 48.1 Å². The fourth-order valence-electron chi connectivity index (χ4n) is 1.95. The maximum atomic E-state index is 5.91. The van der Waals surface area contributed by atoms with E-state index in [4.69, 9.17) is 10.5 Å². The number of nitrogens with two attached hydrogens (primary N) is 1. The maximum absolute atomic E-state index is 5.91. The number of fused-ring (bicyclic) bond motifs is 3. The van der Waals surface area contributed by atoms with E-state index in [1.807, 2.05) is 13.8 Å². The van der Waals surface area contributed by atoms with Crippen molar-refractivity contribution in [3.05, 3.63) is 22.5 Å². The zero-order valence-electron chi connectivity index (χ0n) is 10.3. The van der Waals surface area contributed by atoms with E-state index in [1.165, 1.54) is 9.40 Å². The van der Waals surface area contributed by atoms with Crippen LogP contribution >= 0.6 is 22.7 Å². The predicted octanol–water partition coefficient (Wildman–Crippen LogP) is 3.55. The van der Waals surface area contributed by atoms with Crippen molar-refractivity contribution >= 4 is 43.0 Å². The van der Waals surface area contributed by atoms with Gasteiger partial charge in [0.25, 0.3) is 0 Å². The first-order valence-electron chi connectivity index (χ1n) is 5.83. The second-order valence-corrected chi connectivity index (χ2v) is 6.43. The average Bonchev–Trinajstić information content (AvgIpc) is 2.94. The van der Waals surface area contributed by atoms with E-state index < -0.39 is 0 Å². The van der Waals surface area contributed by atoms with Gasteiger partial charge >= 0.3 is 0 Å². The Morgan fingerprint density at radius 2 is 2.33 bits per heavy atom. The Bertz CT molecular complexity index is 701. The summed E-state index contributed by atoms with van der Waals surface area (Å²) in [5.41, 5.74) is 6.72. The number of hydrogen-bond donors (Lipinski definition) is 1. The molecule has 0 spiro atoms. The van der Waals surface area contributed by atoms with E-state index in [0.717, 1.165) is 21.7 Å². The summed E-state index contributed by atoms with van der Waals surface area (Å²) in [4.78, 5) is 4.60. The summed E-state index contributed by atoms with van der Waals surface area (Å²) in [5.74, 6) is 0.917. The van der Waals surface area contributed by atoms with Gasteiger partial charge in [0.15, 0.2) is 0 Å². The fraction of sp³-hybridized carbons (Fsp3) is 0.308. The SMILES string of the molecule is Cc1nc2c(cc(OC(C)CN)c3ccsc32)s1. The van der Waals surface area contributed by atoms with Crippen molar-refractivity contribution in [2.45, 2.75) is 20.0 Å². The minimum atomic E-state index is 0.0274. The zero-order valence-corrected chi connectivity index (χ0v) is 11.9. The lowest BCUT2D eigenvalue weighted by Crippen LogP contribution is -2.22. The number of benzene rings is 1. The van der Waals surface area contributed by atoms with Crippen LogP contribution in [0.2, 0.25) is 0 Å². The average molecular weight is 278 g/mol. The molecule has 1 aromatic carbocycles. The van der Waals surface area contributed by atoms with Crippen molar-refractivity contribution in [2.75, 3.05) is 6.54 Å². The van der Waals surface area contributed by atoms with Crippen molar-refractivity contribution in [1.29, 1.82) is 0 Å². The van der Waals surface area contributed by atoms with Crippen LogP contribution in [0.1, 0.15) is 11.9 Å². The number of hydrogen-bond acceptors (Lipinski definition) is 5. The first-order chi connectivity index (χ1) is 8.69. The molecule has 0 fully saturated rings. The molecule has 1 unspecified atom stereocenters. The molecule has 94 valence electrons. The van der Waals surface area contributed by atoms with E-state index in [1.54, 1.807) is 22.7 Å². The van der Waals surface area contributed by atoms with Crippen LogP contribution < -0.4 is 10.5 Å². The fourth-order valence-corrected chi connectivity index (χ4v) is 3.78. The van der Waals surface area contributed by atoms with E-state index in [2.05, 4.69) is 22.5 Å². The highest BCUT2D eigenvalue weighted by molar-refractivity contribution is 7.21. The molecule has 0 amide bonds. The van der Waals surface area contributed by atoms with Crippen LogP contribution in [0.3, 0.4) is 0 Å². The zero-order chi connectivity index (χ0) is 12.7. The first kappa shape index (κ1) is 11.9. The van der Waals surface area contributed by atoms with Gasteiger partial charge in [-0.25, -0.2) is 4.98 Å².